The summed E-state index contributed by atoms with van der Waals surface area (Å²) in [5.41, 5.74) is -2.63. The van der Waals surface area contributed by atoms with Crippen LogP contribution in [0.2, 0.25) is 0 Å². The van der Waals surface area contributed by atoms with Crippen LogP contribution in [0.5, 0.6) is 0 Å². The molecule has 0 N–H and O–H groups in total. The van der Waals surface area contributed by atoms with Crippen LogP contribution in [-0.4, -0.2) is 47.7 Å². The molecule has 10 heteroatoms. The molecule has 1 heterocycles. The molecular formula is C23H25F6NO2S. The molecule has 3 nitrogen and oxygen atoms in total. The van der Waals surface area contributed by atoms with E-state index in [2.05, 4.69) is 0 Å². The summed E-state index contributed by atoms with van der Waals surface area (Å²) in [6, 6.07) is 10.7. The average molecular weight is 494 g/mol. The highest BCUT2D eigenvalue weighted by atomic mass is 32.2. The van der Waals surface area contributed by atoms with Crippen molar-refractivity contribution in [1.82, 2.24) is 4.90 Å². The molecule has 0 spiro atoms. The highest BCUT2D eigenvalue weighted by Crippen LogP contribution is 2.36. The fraction of sp³-hybridized carbons (Fsp3) is 0.478. The molecule has 3 unspecified atom stereocenters. The molecule has 0 radical (unpaired) electrons. The van der Waals surface area contributed by atoms with E-state index in [9.17, 15) is 30.6 Å². The van der Waals surface area contributed by atoms with Gasteiger partial charge in [0.25, 0.3) is 0 Å². The van der Waals surface area contributed by atoms with Crippen molar-refractivity contribution in [2.75, 3.05) is 32.5 Å². The molecule has 0 aliphatic carbocycles. The zero-order valence-electron chi connectivity index (χ0n) is 18.0. The van der Waals surface area contributed by atoms with Crippen LogP contribution >= 0.6 is 0 Å². The van der Waals surface area contributed by atoms with Crippen LogP contribution < -0.4 is 0 Å². The van der Waals surface area contributed by atoms with E-state index in [0.29, 0.717) is 36.7 Å². The maximum atomic E-state index is 13.1. The van der Waals surface area contributed by atoms with Crippen LogP contribution in [0.3, 0.4) is 0 Å². The van der Waals surface area contributed by atoms with Crippen molar-refractivity contribution >= 4 is 10.8 Å². The topological polar surface area (TPSA) is 29.5 Å². The summed E-state index contributed by atoms with van der Waals surface area (Å²) in [5.74, 6) is 0.290. The number of nitrogens with zero attached hydrogens (tertiary/aromatic N) is 1. The van der Waals surface area contributed by atoms with Crippen LogP contribution in [0.15, 0.2) is 53.4 Å². The monoisotopic (exact) mass is 493 g/mol. The molecule has 2 aromatic rings. The molecule has 33 heavy (non-hydrogen) atoms. The number of methoxy groups -OCH3 is 1. The zero-order chi connectivity index (χ0) is 24.2. The van der Waals surface area contributed by atoms with E-state index in [0.717, 1.165) is 12.1 Å². The van der Waals surface area contributed by atoms with Crippen molar-refractivity contribution in [3.8, 4) is 0 Å². The van der Waals surface area contributed by atoms with Gasteiger partial charge in [0.05, 0.1) is 28.0 Å². The third-order valence-electron chi connectivity index (χ3n) is 5.79. The van der Waals surface area contributed by atoms with E-state index >= 15 is 0 Å². The van der Waals surface area contributed by atoms with Crippen LogP contribution in [-0.2, 0) is 34.3 Å². The zero-order valence-corrected chi connectivity index (χ0v) is 18.8. The van der Waals surface area contributed by atoms with Crippen molar-refractivity contribution in [2.24, 2.45) is 5.92 Å². The molecule has 2 aromatic carbocycles. The minimum atomic E-state index is -4.86. The second-order valence-electron chi connectivity index (χ2n) is 8.11. The first-order valence-electron chi connectivity index (χ1n) is 10.4. The van der Waals surface area contributed by atoms with Gasteiger partial charge >= 0.3 is 12.4 Å². The summed E-state index contributed by atoms with van der Waals surface area (Å²) in [4.78, 5) is 2.68. The first kappa shape index (κ1) is 25.7. The fourth-order valence-electron chi connectivity index (χ4n) is 4.07. The van der Waals surface area contributed by atoms with Gasteiger partial charge in [-0.3, -0.25) is 4.21 Å². The van der Waals surface area contributed by atoms with Gasteiger partial charge in [0.2, 0.25) is 0 Å². The maximum absolute atomic E-state index is 13.1. The van der Waals surface area contributed by atoms with Gasteiger partial charge in [0.15, 0.2) is 0 Å². The number of likely N-dealkylation sites (tertiary alicyclic amines) is 1. The number of alkyl halides is 6. The van der Waals surface area contributed by atoms with Gasteiger partial charge < -0.3 is 9.64 Å². The Morgan fingerprint density at radius 2 is 1.61 bits per heavy atom. The van der Waals surface area contributed by atoms with Gasteiger partial charge in [-0.15, -0.1) is 0 Å². The molecule has 0 amide bonds. The third-order valence-corrected chi connectivity index (χ3v) is 7.32. The average Bonchev–Trinajstić information content (AvgIpc) is 2.77. The smallest absolute Gasteiger partial charge is 0.381 e. The SMILES string of the molecule is COC1CCN(CCc2cc(C(F)(F)F)cc(C(F)(F)F)c2)CC1CS(=O)c1ccccc1. The van der Waals surface area contributed by atoms with Crippen molar-refractivity contribution < 1.29 is 35.3 Å². The van der Waals surface area contributed by atoms with E-state index in [-0.39, 0.29) is 30.1 Å². The molecular weight excluding hydrogens is 468 g/mol. The molecule has 1 saturated heterocycles. The van der Waals surface area contributed by atoms with Gasteiger partial charge in [0.1, 0.15) is 0 Å². The van der Waals surface area contributed by atoms with Gasteiger partial charge in [-0.05, 0) is 48.7 Å². The standard InChI is InChI=1S/C23H25F6NO2S/c1-32-21-8-10-30(14-17(21)15-33(31)20-5-3-2-4-6-20)9-7-16-11-18(22(24,25)26)13-19(12-16)23(27,28)29/h2-6,11-13,17,21H,7-10,14-15H2,1H3. The predicted molar refractivity (Wildman–Crippen MR) is 113 cm³/mol. The molecule has 0 aromatic heterocycles. The summed E-state index contributed by atoms with van der Waals surface area (Å²) < 4.78 is 96.9. The second kappa shape index (κ2) is 10.6. The Labute approximate surface area is 191 Å². The molecule has 3 atom stereocenters. The van der Waals surface area contributed by atoms with E-state index in [1.54, 1.807) is 31.4 Å². The molecule has 0 saturated carbocycles. The summed E-state index contributed by atoms with van der Waals surface area (Å²) >= 11 is 0. The Kier molecular flexibility index (Phi) is 8.23. The number of benzene rings is 2. The van der Waals surface area contributed by atoms with Crippen molar-refractivity contribution in [3.05, 3.63) is 65.2 Å². The largest absolute Gasteiger partial charge is 0.416 e. The first-order valence-corrected chi connectivity index (χ1v) is 11.8. The van der Waals surface area contributed by atoms with Crippen LogP contribution in [0.25, 0.3) is 0 Å². The Morgan fingerprint density at radius 3 is 2.15 bits per heavy atom. The highest BCUT2D eigenvalue weighted by Gasteiger charge is 2.37. The van der Waals surface area contributed by atoms with Gasteiger partial charge in [-0.1, -0.05) is 18.2 Å². The summed E-state index contributed by atoms with van der Waals surface area (Å²) in [7, 11) is 0.342. The van der Waals surface area contributed by atoms with Crippen LogP contribution in [0.4, 0.5) is 26.3 Å². The second-order valence-corrected chi connectivity index (χ2v) is 9.61. The fourth-order valence-corrected chi connectivity index (χ4v) is 5.44. The van der Waals surface area contributed by atoms with Crippen molar-refractivity contribution in [2.45, 2.75) is 36.2 Å². The lowest BCUT2D eigenvalue weighted by molar-refractivity contribution is -0.143. The summed E-state index contributed by atoms with van der Waals surface area (Å²) in [5, 5.41) is 0. The first-order chi connectivity index (χ1) is 15.5. The third kappa shape index (κ3) is 7.04. The molecule has 182 valence electrons. The molecule has 1 fully saturated rings. The van der Waals surface area contributed by atoms with Crippen molar-refractivity contribution in [3.63, 3.8) is 0 Å². The Morgan fingerprint density at radius 1 is 1.00 bits per heavy atom. The number of rotatable bonds is 7. The maximum Gasteiger partial charge on any atom is 0.416 e. The van der Waals surface area contributed by atoms with E-state index in [1.807, 2.05) is 11.0 Å². The highest BCUT2D eigenvalue weighted by molar-refractivity contribution is 7.85. The lowest BCUT2D eigenvalue weighted by Gasteiger charge is -2.37. The van der Waals surface area contributed by atoms with Crippen LogP contribution in [0.1, 0.15) is 23.1 Å². The lowest BCUT2D eigenvalue weighted by atomic mass is 9.95. The number of piperidine rings is 1. The molecule has 1 aliphatic heterocycles. The minimum Gasteiger partial charge on any atom is -0.381 e. The van der Waals surface area contributed by atoms with Gasteiger partial charge in [-0.2, -0.15) is 26.3 Å². The Balaban J connectivity index is 1.69. The lowest BCUT2D eigenvalue weighted by Crippen LogP contribution is -2.46. The number of ether oxygens (including phenoxy) is 1. The quantitative estimate of drug-likeness (QED) is 0.483. The van der Waals surface area contributed by atoms with Gasteiger partial charge in [-0.25, -0.2) is 0 Å². The van der Waals surface area contributed by atoms with E-state index in [4.69, 9.17) is 4.74 Å². The Hall–Kier alpha value is -1.91. The Bertz CT molecular complexity index is 916. The van der Waals surface area contributed by atoms with Crippen molar-refractivity contribution in [1.29, 1.82) is 0 Å². The normalized spacial score (nSPS) is 21.2. The van der Waals surface area contributed by atoms with Crippen LogP contribution in [0, 0.1) is 5.92 Å². The van der Waals surface area contributed by atoms with Gasteiger partial charge in [0, 0.05) is 43.3 Å². The minimum absolute atomic E-state index is 0.0181. The molecule has 3 rings (SSSR count). The number of halogens is 6. The predicted octanol–water partition coefficient (Wildman–Crippen LogP) is 5.41. The number of hydrogen-bond acceptors (Lipinski definition) is 3. The summed E-state index contributed by atoms with van der Waals surface area (Å²) in [6.45, 7) is 1.39. The van der Waals surface area contributed by atoms with E-state index in [1.165, 1.54) is 0 Å². The van der Waals surface area contributed by atoms with E-state index < -0.39 is 34.3 Å². The number of hydrogen-bond donors (Lipinski definition) is 0. The molecule has 1 aliphatic rings. The molecule has 0 bridgehead atoms. The summed E-state index contributed by atoms with van der Waals surface area (Å²) in [6.07, 6.45) is -9.15.